The van der Waals surface area contributed by atoms with E-state index in [0.29, 0.717) is 27.6 Å². The van der Waals surface area contributed by atoms with Crippen LogP contribution >= 0.6 is 11.6 Å². The third kappa shape index (κ3) is 2.71. The Morgan fingerprint density at radius 2 is 1.89 bits per heavy atom. The molecule has 0 saturated heterocycles. The fourth-order valence-corrected chi connectivity index (χ4v) is 2.06. The molecule has 0 radical (unpaired) electrons. The van der Waals surface area contributed by atoms with Gasteiger partial charge in [-0.2, -0.15) is 0 Å². The van der Waals surface area contributed by atoms with Gasteiger partial charge in [-0.05, 0) is 42.8 Å². The average molecular weight is 276 g/mol. The Morgan fingerprint density at radius 1 is 1.16 bits per heavy atom. The summed E-state index contributed by atoms with van der Waals surface area (Å²) < 4.78 is 5.20. The highest BCUT2D eigenvalue weighted by atomic mass is 35.5. The molecule has 2 rings (SSSR count). The van der Waals surface area contributed by atoms with Gasteiger partial charge in [0.15, 0.2) is 5.78 Å². The molecule has 2 aromatic carbocycles. The fraction of sp³-hybridized carbons (Fsp3) is 0.133. The summed E-state index contributed by atoms with van der Waals surface area (Å²) in [5.41, 5.74) is 8.14. The van der Waals surface area contributed by atoms with Gasteiger partial charge in [-0.25, -0.2) is 0 Å². The average Bonchev–Trinajstić information content (AvgIpc) is 2.40. The highest BCUT2D eigenvalue weighted by molar-refractivity contribution is 6.31. The molecule has 0 atom stereocenters. The maximum Gasteiger partial charge on any atom is 0.197 e. The largest absolute Gasteiger partial charge is 0.496 e. The fourth-order valence-electron chi connectivity index (χ4n) is 1.89. The number of aryl methyl sites for hydroxylation is 1. The molecule has 0 saturated carbocycles. The van der Waals surface area contributed by atoms with Crippen molar-refractivity contribution >= 4 is 23.1 Å². The molecule has 0 bridgehead atoms. The lowest BCUT2D eigenvalue weighted by Gasteiger charge is -2.10. The molecule has 0 fully saturated rings. The van der Waals surface area contributed by atoms with Crippen molar-refractivity contribution in [2.75, 3.05) is 12.8 Å². The van der Waals surface area contributed by atoms with Crippen LogP contribution in [-0.2, 0) is 0 Å². The van der Waals surface area contributed by atoms with E-state index in [0.717, 1.165) is 5.56 Å². The minimum absolute atomic E-state index is 0.149. The van der Waals surface area contributed by atoms with Crippen LogP contribution in [0.2, 0.25) is 5.02 Å². The van der Waals surface area contributed by atoms with Crippen molar-refractivity contribution in [3.05, 3.63) is 58.1 Å². The quantitative estimate of drug-likeness (QED) is 0.689. The summed E-state index contributed by atoms with van der Waals surface area (Å²) in [6.07, 6.45) is 0. The number of rotatable bonds is 3. The number of nitrogen functional groups attached to an aromatic ring is 1. The van der Waals surface area contributed by atoms with E-state index in [2.05, 4.69) is 0 Å². The lowest BCUT2D eigenvalue weighted by molar-refractivity contribution is 0.103. The van der Waals surface area contributed by atoms with Gasteiger partial charge in [0.05, 0.1) is 12.7 Å². The van der Waals surface area contributed by atoms with E-state index in [-0.39, 0.29) is 5.78 Å². The molecule has 2 N–H and O–H groups in total. The smallest absolute Gasteiger partial charge is 0.197 e. The number of hydrogen-bond acceptors (Lipinski definition) is 3. The number of carbonyl (C=O) groups excluding carboxylic acids is 1. The molecule has 2 aromatic rings. The van der Waals surface area contributed by atoms with Crippen LogP contribution in [0.5, 0.6) is 5.75 Å². The third-order valence-corrected chi connectivity index (χ3v) is 3.15. The maximum atomic E-state index is 12.6. The van der Waals surface area contributed by atoms with Crippen LogP contribution in [0.3, 0.4) is 0 Å². The second-order valence-electron chi connectivity index (χ2n) is 4.25. The van der Waals surface area contributed by atoms with E-state index in [4.69, 9.17) is 22.1 Å². The van der Waals surface area contributed by atoms with Crippen LogP contribution in [0.25, 0.3) is 0 Å². The Bertz CT molecular complexity index is 638. The number of halogens is 1. The number of carbonyl (C=O) groups is 1. The minimum Gasteiger partial charge on any atom is -0.496 e. The normalized spacial score (nSPS) is 10.3. The zero-order chi connectivity index (χ0) is 14.0. The first-order valence-corrected chi connectivity index (χ1v) is 6.15. The van der Waals surface area contributed by atoms with E-state index < -0.39 is 0 Å². The number of nitrogens with two attached hydrogens (primary N) is 1. The monoisotopic (exact) mass is 275 g/mol. The van der Waals surface area contributed by atoms with Gasteiger partial charge >= 0.3 is 0 Å². The predicted molar refractivity (Wildman–Crippen MR) is 77.0 cm³/mol. The molecule has 0 aliphatic carbocycles. The van der Waals surface area contributed by atoms with Crippen molar-refractivity contribution in [3.63, 3.8) is 0 Å². The lowest BCUT2D eigenvalue weighted by atomic mass is 9.98. The molecule has 19 heavy (non-hydrogen) atoms. The van der Waals surface area contributed by atoms with Crippen molar-refractivity contribution in [2.45, 2.75) is 6.92 Å². The molecule has 0 aliphatic heterocycles. The zero-order valence-corrected chi connectivity index (χ0v) is 11.5. The molecule has 0 spiro atoms. The Morgan fingerprint density at radius 3 is 2.58 bits per heavy atom. The van der Waals surface area contributed by atoms with Crippen molar-refractivity contribution in [3.8, 4) is 5.75 Å². The summed E-state index contributed by atoms with van der Waals surface area (Å²) in [4.78, 5) is 12.6. The van der Waals surface area contributed by atoms with Crippen LogP contribution in [0.15, 0.2) is 36.4 Å². The summed E-state index contributed by atoms with van der Waals surface area (Å²) >= 11 is 5.94. The standard InChI is InChI=1S/C15H14ClNO2/c1-9-3-5-11(17)8-12(9)15(18)13-7-10(16)4-6-14(13)19-2/h3-8H,17H2,1-2H3. The van der Waals surface area contributed by atoms with Gasteiger partial charge in [-0.15, -0.1) is 0 Å². The first kappa shape index (κ1) is 13.4. The zero-order valence-electron chi connectivity index (χ0n) is 10.7. The summed E-state index contributed by atoms with van der Waals surface area (Å²) in [7, 11) is 1.52. The van der Waals surface area contributed by atoms with Gasteiger partial charge in [0.1, 0.15) is 5.75 Å². The second-order valence-corrected chi connectivity index (χ2v) is 4.68. The minimum atomic E-state index is -0.149. The summed E-state index contributed by atoms with van der Waals surface area (Å²) in [5.74, 6) is 0.348. The molecule has 0 heterocycles. The van der Waals surface area contributed by atoms with Crippen molar-refractivity contribution in [1.82, 2.24) is 0 Å². The van der Waals surface area contributed by atoms with E-state index in [1.54, 1.807) is 30.3 Å². The highest BCUT2D eigenvalue weighted by Gasteiger charge is 2.17. The topological polar surface area (TPSA) is 52.3 Å². The Hall–Kier alpha value is -2.00. The SMILES string of the molecule is COc1ccc(Cl)cc1C(=O)c1cc(N)ccc1C. The highest BCUT2D eigenvalue weighted by Crippen LogP contribution is 2.26. The molecular formula is C15H14ClNO2. The maximum absolute atomic E-state index is 12.6. The van der Waals surface area contributed by atoms with E-state index in [1.165, 1.54) is 7.11 Å². The number of ether oxygens (including phenoxy) is 1. The van der Waals surface area contributed by atoms with Crippen LogP contribution in [0, 0.1) is 6.92 Å². The van der Waals surface area contributed by atoms with Gasteiger partial charge in [0, 0.05) is 16.3 Å². The van der Waals surface area contributed by atoms with E-state index in [1.807, 2.05) is 13.0 Å². The van der Waals surface area contributed by atoms with Gasteiger partial charge in [-0.3, -0.25) is 4.79 Å². The molecular weight excluding hydrogens is 262 g/mol. The molecule has 98 valence electrons. The Labute approximate surface area is 117 Å². The van der Waals surface area contributed by atoms with E-state index in [9.17, 15) is 4.79 Å². The molecule has 4 heteroatoms. The number of hydrogen-bond donors (Lipinski definition) is 1. The van der Waals surface area contributed by atoms with Crippen molar-refractivity contribution in [1.29, 1.82) is 0 Å². The van der Waals surface area contributed by atoms with Crippen molar-refractivity contribution in [2.24, 2.45) is 0 Å². The summed E-state index contributed by atoms with van der Waals surface area (Å²) in [5, 5.41) is 0.491. The Balaban J connectivity index is 2.55. The molecule has 0 aromatic heterocycles. The number of anilines is 1. The van der Waals surface area contributed by atoms with Crippen LogP contribution in [-0.4, -0.2) is 12.9 Å². The van der Waals surface area contributed by atoms with Gasteiger partial charge in [0.25, 0.3) is 0 Å². The second kappa shape index (κ2) is 5.33. The number of methoxy groups -OCH3 is 1. The molecule has 0 amide bonds. The Kier molecular flexibility index (Phi) is 3.76. The van der Waals surface area contributed by atoms with E-state index >= 15 is 0 Å². The molecule has 0 unspecified atom stereocenters. The van der Waals surface area contributed by atoms with Gasteiger partial charge in [-0.1, -0.05) is 17.7 Å². The number of benzene rings is 2. The number of ketones is 1. The van der Waals surface area contributed by atoms with Crippen LogP contribution in [0.1, 0.15) is 21.5 Å². The predicted octanol–water partition coefficient (Wildman–Crippen LogP) is 3.47. The summed E-state index contributed by atoms with van der Waals surface area (Å²) in [6, 6.07) is 10.2. The summed E-state index contributed by atoms with van der Waals surface area (Å²) in [6.45, 7) is 1.86. The van der Waals surface area contributed by atoms with Crippen LogP contribution < -0.4 is 10.5 Å². The lowest BCUT2D eigenvalue weighted by Crippen LogP contribution is -2.06. The van der Waals surface area contributed by atoms with Crippen molar-refractivity contribution < 1.29 is 9.53 Å². The third-order valence-electron chi connectivity index (χ3n) is 2.91. The van der Waals surface area contributed by atoms with Gasteiger partial charge in [0.2, 0.25) is 0 Å². The van der Waals surface area contributed by atoms with Gasteiger partial charge < -0.3 is 10.5 Å². The van der Waals surface area contributed by atoms with Crippen LogP contribution in [0.4, 0.5) is 5.69 Å². The first-order valence-electron chi connectivity index (χ1n) is 5.77. The molecule has 3 nitrogen and oxygen atoms in total. The first-order chi connectivity index (χ1) is 9.02. The molecule has 0 aliphatic rings.